The van der Waals surface area contributed by atoms with Crippen LogP contribution in [0.2, 0.25) is 0 Å². The third-order valence-electron chi connectivity index (χ3n) is 4.04. The maximum absolute atomic E-state index is 14.6. The number of rotatable bonds is 3. The van der Waals surface area contributed by atoms with Crippen molar-refractivity contribution in [3.63, 3.8) is 0 Å². The predicted octanol–water partition coefficient (Wildman–Crippen LogP) is 1.91. The minimum Gasteiger partial charge on any atom is -0.382 e. The second-order valence-electron chi connectivity index (χ2n) is 5.93. The number of anilines is 1. The average Bonchev–Trinajstić information content (AvgIpc) is 3.07. The molecule has 1 aromatic carbocycles. The van der Waals surface area contributed by atoms with E-state index in [4.69, 9.17) is 11.5 Å². The van der Waals surface area contributed by atoms with E-state index < -0.39 is 11.7 Å². The molecule has 4 aromatic rings. The first kappa shape index (κ1) is 16.6. The lowest BCUT2D eigenvalue weighted by Crippen LogP contribution is -2.18. The van der Waals surface area contributed by atoms with Crippen molar-refractivity contribution in [3.8, 4) is 22.6 Å². The highest BCUT2D eigenvalue weighted by molar-refractivity contribution is 5.97. The molecule has 8 nitrogen and oxygen atoms in total. The van der Waals surface area contributed by atoms with Gasteiger partial charge in [-0.2, -0.15) is 5.10 Å². The molecule has 0 unspecified atom stereocenters. The summed E-state index contributed by atoms with van der Waals surface area (Å²) < 4.78 is 16.1. The van der Waals surface area contributed by atoms with Gasteiger partial charge in [0, 0.05) is 30.4 Å². The van der Waals surface area contributed by atoms with Gasteiger partial charge in [0.15, 0.2) is 11.5 Å². The van der Waals surface area contributed by atoms with Gasteiger partial charge in [-0.25, -0.2) is 14.4 Å². The number of primary amides is 1. The number of nitrogen functional groups attached to an aromatic ring is 1. The molecular formula is C18H14FN7O. The van der Waals surface area contributed by atoms with Crippen molar-refractivity contribution in [2.24, 2.45) is 12.8 Å². The monoisotopic (exact) mass is 363 g/mol. The highest BCUT2D eigenvalue weighted by atomic mass is 19.1. The van der Waals surface area contributed by atoms with Crippen LogP contribution in [0.5, 0.6) is 0 Å². The molecule has 27 heavy (non-hydrogen) atoms. The summed E-state index contributed by atoms with van der Waals surface area (Å²) in [6.07, 6.45) is 3.24. The van der Waals surface area contributed by atoms with Crippen LogP contribution in [0.25, 0.3) is 33.5 Å². The first-order chi connectivity index (χ1) is 12.9. The molecule has 3 aromatic heterocycles. The molecule has 0 radical (unpaired) electrons. The fourth-order valence-electron chi connectivity index (χ4n) is 2.84. The SMILES string of the molecule is Cn1ccc(-c2nc(N)c(C(N)=O)nc2-c2cc(F)c3ncccc3c2)n1. The summed E-state index contributed by atoms with van der Waals surface area (Å²) >= 11 is 0. The van der Waals surface area contributed by atoms with Gasteiger partial charge >= 0.3 is 0 Å². The predicted molar refractivity (Wildman–Crippen MR) is 97.9 cm³/mol. The number of aryl methyl sites for hydroxylation is 1. The summed E-state index contributed by atoms with van der Waals surface area (Å²) in [5.74, 6) is -1.46. The van der Waals surface area contributed by atoms with Crippen molar-refractivity contribution in [1.29, 1.82) is 0 Å². The van der Waals surface area contributed by atoms with E-state index in [1.54, 1.807) is 42.2 Å². The number of carbonyl (C=O) groups is 1. The summed E-state index contributed by atoms with van der Waals surface area (Å²) in [5, 5.41) is 4.89. The number of nitrogens with zero attached hydrogens (tertiary/aromatic N) is 5. The summed E-state index contributed by atoms with van der Waals surface area (Å²) in [5.41, 5.74) is 12.7. The van der Waals surface area contributed by atoms with Crippen molar-refractivity contribution in [2.45, 2.75) is 0 Å². The number of benzene rings is 1. The fourth-order valence-corrected chi connectivity index (χ4v) is 2.84. The molecular weight excluding hydrogens is 349 g/mol. The van der Waals surface area contributed by atoms with Crippen LogP contribution in [0.4, 0.5) is 10.2 Å². The number of carbonyl (C=O) groups excluding carboxylic acids is 1. The number of hydrogen-bond donors (Lipinski definition) is 2. The van der Waals surface area contributed by atoms with Gasteiger partial charge in [-0.1, -0.05) is 6.07 Å². The molecule has 0 saturated carbocycles. The quantitative estimate of drug-likeness (QED) is 0.573. The Morgan fingerprint density at radius 2 is 2.00 bits per heavy atom. The summed E-state index contributed by atoms with van der Waals surface area (Å²) in [4.78, 5) is 24.3. The number of nitrogens with two attached hydrogens (primary N) is 2. The van der Waals surface area contributed by atoms with E-state index in [-0.39, 0.29) is 22.7 Å². The Bertz CT molecular complexity index is 1200. The Kier molecular flexibility index (Phi) is 3.76. The highest BCUT2D eigenvalue weighted by Crippen LogP contribution is 2.32. The first-order valence-corrected chi connectivity index (χ1v) is 7.96. The van der Waals surface area contributed by atoms with Crippen LogP contribution in [0.15, 0.2) is 42.7 Å². The zero-order chi connectivity index (χ0) is 19.1. The summed E-state index contributed by atoms with van der Waals surface area (Å²) in [6.45, 7) is 0. The molecule has 1 amide bonds. The molecule has 0 aliphatic carbocycles. The Balaban J connectivity index is 2.03. The molecule has 0 aliphatic heterocycles. The van der Waals surface area contributed by atoms with Gasteiger partial charge in [0.2, 0.25) is 0 Å². The number of aromatic nitrogens is 5. The topological polar surface area (TPSA) is 126 Å². The normalized spacial score (nSPS) is 11.0. The van der Waals surface area contributed by atoms with Gasteiger partial charge in [-0.15, -0.1) is 0 Å². The Labute approximate surface area is 152 Å². The average molecular weight is 363 g/mol. The van der Waals surface area contributed by atoms with Crippen LogP contribution in [-0.4, -0.2) is 30.6 Å². The van der Waals surface area contributed by atoms with Crippen LogP contribution in [0.3, 0.4) is 0 Å². The molecule has 0 saturated heterocycles. The second-order valence-corrected chi connectivity index (χ2v) is 5.93. The Hall–Kier alpha value is -3.88. The molecule has 0 spiro atoms. The molecule has 0 atom stereocenters. The van der Waals surface area contributed by atoms with Crippen molar-refractivity contribution >= 4 is 22.6 Å². The number of amides is 1. The van der Waals surface area contributed by atoms with Gasteiger partial charge < -0.3 is 11.5 Å². The van der Waals surface area contributed by atoms with Crippen molar-refractivity contribution in [1.82, 2.24) is 24.7 Å². The number of fused-ring (bicyclic) bond motifs is 1. The molecule has 4 N–H and O–H groups in total. The van der Waals surface area contributed by atoms with Crippen LogP contribution < -0.4 is 11.5 Å². The van der Waals surface area contributed by atoms with E-state index in [0.717, 1.165) is 0 Å². The van der Waals surface area contributed by atoms with Gasteiger partial charge in [-0.3, -0.25) is 14.5 Å². The van der Waals surface area contributed by atoms with E-state index in [9.17, 15) is 9.18 Å². The molecule has 9 heteroatoms. The minimum atomic E-state index is -0.822. The van der Waals surface area contributed by atoms with Crippen LogP contribution in [-0.2, 0) is 7.05 Å². The third kappa shape index (κ3) is 2.84. The molecule has 134 valence electrons. The summed E-state index contributed by atoms with van der Waals surface area (Å²) in [7, 11) is 1.75. The third-order valence-corrected chi connectivity index (χ3v) is 4.04. The zero-order valence-corrected chi connectivity index (χ0v) is 14.2. The number of hydrogen-bond acceptors (Lipinski definition) is 6. The number of halogens is 1. The van der Waals surface area contributed by atoms with Gasteiger partial charge in [0.05, 0.1) is 5.69 Å². The number of pyridine rings is 1. The molecule has 0 fully saturated rings. The lowest BCUT2D eigenvalue weighted by Gasteiger charge is -2.11. The van der Waals surface area contributed by atoms with Gasteiger partial charge in [0.1, 0.15) is 22.7 Å². The van der Waals surface area contributed by atoms with Crippen LogP contribution >= 0.6 is 0 Å². The maximum atomic E-state index is 14.6. The standard InChI is InChI=1S/C18H14FN7O/c1-26-6-4-12(25-26)15-14(23-16(18(21)27)17(20)24-15)10-7-9-3-2-5-22-13(9)11(19)8-10/h2-8H,1H3,(H2,20,24)(H2,21,27). The van der Waals surface area contributed by atoms with Gasteiger partial charge in [-0.05, 0) is 24.3 Å². The van der Waals surface area contributed by atoms with Crippen molar-refractivity contribution in [2.75, 3.05) is 5.73 Å². The maximum Gasteiger partial charge on any atom is 0.271 e. The van der Waals surface area contributed by atoms with Gasteiger partial charge in [0.25, 0.3) is 5.91 Å². The van der Waals surface area contributed by atoms with Crippen molar-refractivity contribution in [3.05, 3.63) is 54.2 Å². The molecule has 4 rings (SSSR count). The van der Waals surface area contributed by atoms with Crippen LogP contribution in [0, 0.1) is 5.82 Å². The lowest BCUT2D eigenvalue weighted by atomic mass is 10.0. The fraction of sp³-hybridized carbons (Fsp3) is 0.0556. The smallest absolute Gasteiger partial charge is 0.271 e. The minimum absolute atomic E-state index is 0.116. The van der Waals surface area contributed by atoms with E-state index in [2.05, 4.69) is 20.1 Å². The van der Waals surface area contributed by atoms with E-state index in [1.165, 1.54) is 12.3 Å². The van der Waals surface area contributed by atoms with E-state index >= 15 is 0 Å². The molecule has 0 aliphatic rings. The second kappa shape index (κ2) is 6.13. The largest absolute Gasteiger partial charge is 0.382 e. The Morgan fingerprint density at radius 1 is 1.19 bits per heavy atom. The Morgan fingerprint density at radius 3 is 2.70 bits per heavy atom. The van der Waals surface area contributed by atoms with E-state index in [1.807, 2.05) is 0 Å². The lowest BCUT2D eigenvalue weighted by molar-refractivity contribution is 0.0996. The van der Waals surface area contributed by atoms with Crippen LogP contribution in [0.1, 0.15) is 10.5 Å². The zero-order valence-electron chi connectivity index (χ0n) is 14.2. The molecule has 0 bridgehead atoms. The summed E-state index contributed by atoms with van der Waals surface area (Å²) in [6, 6.07) is 8.15. The highest BCUT2D eigenvalue weighted by Gasteiger charge is 2.20. The molecule has 3 heterocycles. The first-order valence-electron chi connectivity index (χ1n) is 7.96. The van der Waals surface area contributed by atoms with E-state index in [0.29, 0.717) is 22.3 Å². The van der Waals surface area contributed by atoms with Crippen molar-refractivity contribution < 1.29 is 9.18 Å².